The Labute approximate surface area is 290 Å². The first-order valence-corrected chi connectivity index (χ1v) is 17.3. The molecule has 4 heterocycles. The van der Waals surface area contributed by atoms with Crippen LogP contribution in [0.25, 0.3) is 22.2 Å². The smallest absolute Gasteiger partial charge is 0.407 e. The lowest BCUT2D eigenvalue weighted by molar-refractivity contribution is 0.0502. The average Bonchev–Trinajstić information content (AvgIpc) is 3.52. The van der Waals surface area contributed by atoms with Crippen LogP contribution in [-0.2, 0) is 4.74 Å². The molecule has 50 heavy (non-hydrogen) atoms. The number of nitrogens with zero attached hydrogens (tertiary/aromatic N) is 3. The van der Waals surface area contributed by atoms with E-state index in [2.05, 4.69) is 27.7 Å². The zero-order valence-corrected chi connectivity index (χ0v) is 29.3. The average molecular weight is 686 g/mol. The van der Waals surface area contributed by atoms with Crippen LogP contribution in [0.1, 0.15) is 68.8 Å². The second-order valence-corrected chi connectivity index (χ2v) is 14.7. The molecule has 11 nitrogen and oxygen atoms in total. The van der Waals surface area contributed by atoms with Crippen molar-refractivity contribution >= 4 is 34.2 Å². The minimum Gasteiger partial charge on any atom is -0.488 e. The van der Waals surface area contributed by atoms with Crippen molar-refractivity contribution in [2.24, 2.45) is 0 Å². The molecule has 1 atom stereocenters. The van der Waals surface area contributed by atoms with Gasteiger partial charge in [0.15, 0.2) is 17.3 Å². The number of amides is 2. The van der Waals surface area contributed by atoms with Crippen LogP contribution < -0.4 is 25.5 Å². The van der Waals surface area contributed by atoms with Crippen molar-refractivity contribution in [2.45, 2.75) is 64.5 Å². The van der Waals surface area contributed by atoms with Crippen LogP contribution in [0.4, 0.5) is 14.9 Å². The van der Waals surface area contributed by atoms with Gasteiger partial charge in [0.1, 0.15) is 34.7 Å². The molecule has 0 radical (unpaired) electrons. The van der Waals surface area contributed by atoms with Crippen molar-refractivity contribution in [1.82, 2.24) is 19.7 Å². The summed E-state index contributed by atoms with van der Waals surface area (Å²) in [6, 6.07) is 4.67. The molecule has 4 aliphatic rings. The standard InChI is InChI=1S/C38H44FN5O6/c1-38(2,3)50-37(47)41-23-12-15-43(19-23)36(46)27-20-44-29-17-25-24-11-7-6-10-22(24)21-48-30(25)18-31(29)49-35-32(40-13-8-9-14-42(4)5)28(39)16-26(33(35)44)34(27)45/h6,10,16-18,20,23,40H,7-9,11-15,19,21H2,1-5H3,(H,41,47)/t23-/m0/s1. The van der Waals surface area contributed by atoms with Gasteiger partial charge in [-0.15, -0.1) is 0 Å². The molecule has 0 saturated carbocycles. The molecule has 7 rings (SSSR count). The highest BCUT2D eigenvalue weighted by atomic mass is 19.1. The highest BCUT2D eigenvalue weighted by Crippen LogP contribution is 2.49. The van der Waals surface area contributed by atoms with Gasteiger partial charge in [0, 0.05) is 37.5 Å². The minimum atomic E-state index is -0.661. The van der Waals surface area contributed by atoms with Crippen molar-refractivity contribution in [3.63, 3.8) is 0 Å². The van der Waals surface area contributed by atoms with Crippen LogP contribution in [0.15, 0.2) is 46.9 Å². The van der Waals surface area contributed by atoms with Crippen molar-refractivity contribution in [3.05, 3.63) is 69.3 Å². The van der Waals surface area contributed by atoms with Gasteiger partial charge < -0.3 is 39.2 Å². The first-order chi connectivity index (χ1) is 23.9. The number of allylic oxidation sites excluding steroid dienone is 2. The zero-order chi connectivity index (χ0) is 35.3. The third-order valence-electron chi connectivity index (χ3n) is 9.46. The number of hydrogen-bond donors (Lipinski definition) is 2. The topological polar surface area (TPSA) is 114 Å². The largest absolute Gasteiger partial charge is 0.488 e. The molecule has 2 amide bonds. The second-order valence-electron chi connectivity index (χ2n) is 14.7. The zero-order valence-electron chi connectivity index (χ0n) is 29.3. The van der Waals surface area contributed by atoms with E-state index in [0.29, 0.717) is 48.8 Å². The lowest BCUT2D eigenvalue weighted by Gasteiger charge is -2.30. The maximum Gasteiger partial charge on any atom is 0.407 e. The van der Waals surface area contributed by atoms with Gasteiger partial charge in [-0.25, -0.2) is 9.18 Å². The predicted molar refractivity (Wildman–Crippen MR) is 190 cm³/mol. The monoisotopic (exact) mass is 685 g/mol. The van der Waals surface area contributed by atoms with Crippen LogP contribution in [0.5, 0.6) is 17.2 Å². The van der Waals surface area contributed by atoms with Gasteiger partial charge in [-0.05, 0) is 96.8 Å². The Kier molecular flexibility index (Phi) is 8.83. The van der Waals surface area contributed by atoms with E-state index in [1.54, 1.807) is 36.4 Å². The summed E-state index contributed by atoms with van der Waals surface area (Å²) in [5, 5.41) is 6.10. The number of benzene rings is 2. The maximum absolute atomic E-state index is 16.0. The van der Waals surface area contributed by atoms with Crippen LogP contribution in [0, 0.1) is 5.82 Å². The minimum absolute atomic E-state index is 0.0456. The molecule has 1 aromatic heterocycles. The molecule has 0 bridgehead atoms. The summed E-state index contributed by atoms with van der Waals surface area (Å²) in [6.07, 6.45) is 9.24. The van der Waals surface area contributed by atoms with Gasteiger partial charge in [0.2, 0.25) is 5.43 Å². The number of hydrogen-bond acceptors (Lipinski definition) is 8. The quantitative estimate of drug-likeness (QED) is 0.210. The van der Waals surface area contributed by atoms with E-state index in [9.17, 15) is 14.4 Å². The molecule has 1 saturated heterocycles. The Balaban J connectivity index is 1.29. The summed E-state index contributed by atoms with van der Waals surface area (Å²) < 4.78 is 35.8. The normalized spacial score (nSPS) is 17.6. The van der Waals surface area contributed by atoms with E-state index in [1.807, 2.05) is 26.2 Å². The molecule has 12 heteroatoms. The summed E-state index contributed by atoms with van der Waals surface area (Å²) in [7, 11) is 4.02. The molecule has 3 aliphatic heterocycles. The molecule has 1 aliphatic carbocycles. The maximum atomic E-state index is 16.0. The number of nitrogens with one attached hydrogen (secondary N) is 2. The summed E-state index contributed by atoms with van der Waals surface area (Å²) in [6.45, 7) is 7.75. The number of anilines is 1. The van der Waals surface area contributed by atoms with E-state index >= 15 is 4.39 Å². The molecular weight excluding hydrogens is 641 g/mol. The molecule has 1 fully saturated rings. The number of halogens is 1. The highest BCUT2D eigenvalue weighted by Gasteiger charge is 2.34. The Bertz CT molecular complexity index is 2010. The van der Waals surface area contributed by atoms with Gasteiger partial charge in [0.25, 0.3) is 5.91 Å². The fourth-order valence-electron chi connectivity index (χ4n) is 7.10. The number of alkyl carbamates (subject to hydrolysis) is 1. The number of rotatable bonds is 8. The van der Waals surface area contributed by atoms with Crippen LogP contribution in [0.3, 0.4) is 0 Å². The number of likely N-dealkylation sites (tertiary alicyclic amines) is 1. The first kappa shape index (κ1) is 33.6. The first-order valence-electron chi connectivity index (χ1n) is 17.3. The Morgan fingerprint density at radius 1 is 1.14 bits per heavy atom. The molecule has 264 valence electrons. The number of carbonyl (C=O) groups excluding carboxylic acids is 2. The number of aromatic nitrogens is 1. The van der Waals surface area contributed by atoms with Gasteiger partial charge in [0.05, 0.1) is 17.1 Å². The lowest BCUT2D eigenvalue weighted by atomic mass is 9.89. The Morgan fingerprint density at radius 2 is 1.96 bits per heavy atom. The summed E-state index contributed by atoms with van der Waals surface area (Å²) in [4.78, 5) is 44.2. The van der Waals surface area contributed by atoms with Crippen LogP contribution in [0.2, 0.25) is 0 Å². The molecular formula is C38H44FN5O6. The van der Waals surface area contributed by atoms with Crippen molar-refractivity contribution in [1.29, 1.82) is 0 Å². The highest BCUT2D eigenvalue weighted by molar-refractivity contribution is 6.01. The van der Waals surface area contributed by atoms with E-state index in [4.69, 9.17) is 14.2 Å². The third-order valence-corrected chi connectivity index (χ3v) is 9.46. The van der Waals surface area contributed by atoms with Crippen LogP contribution in [-0.4, -0.2) is 84.9 Å². The van der Waals surface area contributed by atoms with E-state index in [-0.39, 0.29) is 35.0 Å². The number of unbranched alkanes of at least 4 members (excludes halogenated alkanes) is 1. The fraction of sp³-hybridized carbons (Fsp3) is 0.447. The summed E-state index contributed by atoms with van der Waals surface area (Å²) in [5.41, 5.74) is 3.07. The summed E-state index contributed by atoms with van der Waals surface area (Å²) >= 11 is 0. The van der Waals surface area contributed by atoms with Gasteiger partial charge in [-0.1, -0.05) is 12.2 Å². The molecule has 2 N–H and O–H groups in total. The van der Waals surface area contributed by atoms with Gasteiger partial charge in [-0.3, -0.25) is 9.59 Å². The SMILES string of the molecule is CN(C)CCCCNc1c(F)cc2c(=O)c(C(=O)N3CC[C@H](NC(=O)OC(C)(C)C)C3)cn3c2c1Oc1cc2c(cc1-3)C1=C(C=CCC1)CO2. The van der Waals surface area contributed by atoms with E-state index in [0.717, 1.165) is 43.4 Å². The van der Waals surface area contributed by atoms with Gasteiger partial charge in [-0.2, -0.15) is 0 Å². The predicted octanol–water partition coefficient (Wildman–Crippen LogP) is 6.22. The second kappa shape index (κ2) is 13.1. The van der Waals surface area contributed by atoms with Crippen molar-refractivity contribution < 1.29 is 28.2 Å². The van der Waals surface area contributed by atoms with Gasteiger partial charge >= 0.3 is 6.09 Å². The lowest BCUT2D eigenvalue weighted by Crippen LogP contribution is -2.41. The fourth-order valence-corrected chi connectivity index (χ4v) is 7.10. The van der Waals surface area contributed by atoms with Crippen molar-refractivity contribution in [2.75, 3.05) is 52.2 Å². The molecule has 0 unspecified atom stereocenters. The van der Waals surface area contributed by atoms with E-state index in [1.165, 1.54) is 11.6 Å². The Hall–Kier alpha value is -4.84. The number of fused-ring (bicyclic) bond motifs is 4. The summed E-state index contributed by atoms with van der Waals surface area (Å²) in [5.74, 6) is 0.160. The third kappa shape index (κ3) is 6.44. The Morgan fingerprint density at radius 3 is 2.74 bits per heavy atom. The molecule has 2 aromatic carbocycles. The number of carbonyl (C=O) groups is 2. The molecule has 3 aromatic rings. The van der Waals surface area contributed by atoms with Crippen LogP contribution >= 0.6 is 0 Å². The van der Waals surface area contributed by atoms with E-state index < -0.39 is 28.8 Å². The number of ether oxygens (including phenoxy) is 3. The number of pyridine rings is 1. The van der Waals surface area contributed by atoms with Crippen molar-refractivity contribution in [3.8, 4) is 22.9 Å². The molecule has 0 spiro atoms.